The number of carbonyl (C=O) groups excluding carboxylic acids is 2. The predicted octanol–water partition coefficient (Wildman–Crippen LogP) is 3.07. The maximum absolute atomic E-state index is 13.2. The van der Waals surface area contributed by atoms with Crippen LogP contribution in [0.2, 0.25) is 0 Å². The Kier molecular flexibility index (Phi) is 7.95. The lowest BCUT2D eigenvalue weighted by molar-refractivity contribution is -0.140. The van der Waals surface area contributed by atoms with E-state index in [9.17, 15) is 14.0 Å². The normalized spacial score (nSPS) is 11.7. The lowest BCUT2D eigenvalue weighted by Crippen LogP contribution is -2.43. The van der Waals surface area contributed by atoms with Crippen molar-refractivity contribution >= 4 is 11.8 Å². The second kappa shape index (κ2) is 10.4. The average molecular weight is 372 g/mol. The molecule has 5 nitrogen and oxygen atoms in total. The molecule has 0 aliphatic carbocycles. The van der Waals surface area contributed by atoms with E-state index < -0.39 is 6.04 Å². The van der Waals surface area contributed by atoms with E-state index in [-0.39, 0.29) is 24.2 Å². The number of amides is 2. The molecule has 0 aliphatic rings. The number of halogens is 1. The van der Waals surface area contributed by atoms with Gasteiger partial charge in [-0.05, 0) is 29.7 Å². The zero-order chi connectivity index (χ0) is 19.6. The van der Waals surface area contributed by atoms with Crippen molar-refractivity contribution in [1.29, 1.82) is 0 Å². The minimum absolute atomic E-state index is 0.209. The fourth-order valence-electron chi connectivity index (χ4n) is 2.80. The SMILES string of the molecule is COCCCNC(=O)C(c1ccccc1)N(Cc1ccc(F)cc1)C(C)=O. The molecule has 2 amide bonds. The molecular weight excluding hydrogens is 347 g/mol. The summed E-state index contributed by atoms with van der Waals surface area (Å²) >= 11 is 0. The van der Waals surface area contributed by atoms with E-state index in [2.05, 4.69) is 5.32 Å². The number of nitrogens with one attached hydrogen (secondary N) is 1. The van der Waals surface area contributed by atoms with Crippen molar-refractivity contribution in [3.8, 4) is 0 Å². The van der Waals surface area contributed by atoms with Crippen LogP contribution < -0.4 is 5.32 Å². The van der Waals surface area contributed by atoms with Crippen molar-refractivity contribution in [2.75, 3.05) is 20.3 Å². The Labute approximate surface area is 159 Å². The Hall–Kier alpha value is -2.73. The molecule has 0 radical (unpaired) electrons. The van der Waals surface area contributed by atoms with Crippen molar-refractivity contribution in [3.05, 3.63) is 71.5 Å². The molecule has 0 aliphatic heterocycles. The third-order valence-electron chi connectivity index (χ3n) is 4.17. The van der Waals surface area contributed by atoms with Gasteiger partial charge in [-0.25, -0.2) is 4.39 Å². The Morgan fingerprint density at radius 3 is 2.37 bits per heavy atom. The first-order valence-corrected chi connectivity index (χ1v) is 8.86. The molecule has 2 aromatic rings. The highest BCUT2D eigenvalue weighted by Gasteiger charge is 2.29. The number of hydrogen-bond acceptors (Lipinski definition) is 3. The molecule has 0 saturated heterocycles. The van der Waals surface area contributed by atoms with Gasteiger partial charge in [0.15, 0.2) is 0 Å². The van der Waals surface area contributed by atoms with Crippen LogP contribution in [0.3, 0.4) is 0 Å². The Morgan fingerprint density at radius 1 is 1.11 bits per heavy atom. The van der Waals surface area contributed by atoms with Crippen LogP contribution in [0, 0.1) is 5.82 Å². The van der Waals surface area contributed by atoms with Gasteiger partial charge in [-0.2, -0.15) is 0 Å². The molecular formula is C21H25FN2O3. The summed E-state index contributed by atoms with van der Waals surface area (Å²) in [5.74, 6) is -0.835. The smallest absolute Gasteiger partial charge is 0.247 e. The van der Waals surface area contributed by atoms with E-state index >= 15 is 0 Å². The molecule has 0 spiro atoms. The average Bonchev–Trinajstić information content (AvgIpc) is 2.67. The molecule has 1 atom stereocenters. The maximum Gasteiger partial charge on any atom is 0.247 e. The summed E-state index contributed by atoms with van der Waals surface area (Å²) in [7, 11) is 1.61. The monoisotopic (exact) mass is 372 g/mol. The van der Waals surface area contributed by atoms with Gasteiger partial charge in [-0.3, -0.25) is 9.59 Å². The van der Waals surface area contributed by atoms with Crippen LogP contribution >= 0.6 is 0 Å². The van der Waals surface area contributed by atoms with Gasteiger partial charge in [-0.15, -0.1) is 0 Å². The van der Waals surface area contributed by atoms with Crippen molar-refractivity contribution in [2.45, 2.75) is 25.9 Å². The van der Waals surface area contributed by atoms with Gasteiger partial charge in [0.05, 0.1) is 0 Å². The van der Waals surface area contributed by atoms with Crippen LogP contribution in [0.25, 0.3) is 0 Å². The second-order valence-corrected chi connectivity index (χ2v) is 6.22. The van der Waals surface area contributed by atoms with E-state index in [0.717, 1.165) is 11.1 Å². The number of methoxy groups -OCH3 is 1. The highest BCUT2D eigenvalue weighted by Crippen LogP contribution is 2.24. The third kappa shape index (κ3) is 6.18. The molecule has 27 heavy (non-hydrogen) atoms. The third-order valence-corrected chi connectivity index (χ3v) is 4.17. The lowest BCUT2D eigenvalue weighted by Gasteiger charge is -2.30. The quantitative estimate of drug-likeness (QED) is 0.688. The Balaban J connectivity index is 2.26. The first-order valence-electron chi connectivity index (χ1n) is 8.86. The number of ether oxygens (including phenoxy) is 1. The number of rotatable bonds is 9. The van der Waals surface area contributed by atoms with Gasteiger partial charge in [0.2, 0.25) is 11.8 Å². The Morgan fingerprint density at radius 2 is 1.78 bits per heavy atom. The van der Waals surface area contributed by atoms with E-state index in [1.807, 2.05) is 30.3 Å². The van der Waals surface area contributed by atoms with Crippen molar-refractivity contribution in [2.24, 2.45) is 0 Å². The standard InChI is InChI=1S/C21H25FN2O3/c1-16(25)24(15-17-9-11-19(22)12-10-17)20(18-7-4-3-5-8-18)21(26)23-13-6-14-27-2/h3-5,7-12,20H,6,13-15H2,1-2H3,(H,23,26). The maximum atomic E-state index is 13.2. The summed E-state index contributed by atoms with van der Waals surface area (Å²) in [5.41, 5.74) is 1.47. The lowest BCUT2D eigenvalue weighted by atomic mass is 10.0. The van der Waals surface area contributed by atoms with Crippen LogP contribution in [-0.4, -0.2) is 37.0 Å². The largest absolute Gasteiger partial charge is 0.385 e. The summed E-state index contributed by atoms with van der Waals surface area (Å²) in [6.45, 7) is 2.64. The molecule has 0 aromatic heterocycles. The second-order valence-electron chi connectivity index (χ2n) is 6.22. The van der Waals surface area contributed by atoms with Crippen LogP contribution in [0.15, 0.2) is 54.6 Å². The molecule has 2 rings (SSSR count). The van der Waals surface area contributed by atoms with E-state index in [4.69, 9.17) is 4.74 Å². The van der Waals surface area contributed by atoms with Gasteiger partial charge in [-0.1, -0.05) is 42.5 Å². The van der Waals surface area contributed by atoms with E-state index in [1.54, 1.807) is 19.2 Å². The molecule has 2 aromatic carbocycles. The van der Waals surface area contributed by atoms with Crippen molar-refractivity contribution in [1.82, 2.24) is 10.2 Å². The van der Waals surface area contributed by atoms with Gasteiger partial charge in [0.25, 0.3) is 0 Å². The van der Waals surface area contributed by atoms with Crippen molar-refractivity contribution in [3.63, 3.8) is 0 Å². The molecule has 0 fully saturated rings. The highest BCUT2D eigenvalue weighted by atomic mass is 19.1. The molecule has 6 heteroatoms. The molecule has 0 heterocycles. The fourth-order valence-corrected chi connectivity index (χ4v) is 2.80. The number of benzene rings is 2. The highest BCUT2D eigenvalue weighted by molar-refractivity contribution is 5.88. The first-order chi connectivity index (χ1) is 13.0. The van der Waals surface area contributed by atoms with Gasteiger partial charge >= 0.3 is 0 Å². The summed E-state index contributed by atoms with van der Waals surface area (Å²) in [5, 5.41) is 2.87. The van der Waals surface area contributed by atoms with Crippen LogP contribution in [0.1, 0.15) is 30.5 Å². The number of carbonyl (C=O) groups is 2. The number of nitrogens with zero attached hydrogens (tertiary/aromatic N) is 1. The molecule has 0 bridgehead atoms. The zero-order valence-electron chi connectivity index (χ0n) is 15.7. The molecule has 1 unspecified atom stereocenters. The van der Waals surface area contributed by atoms with Gasteiger partial charge in [0.1, 0.15) is 11.9 Å². The van der Waals surface area contributed by atoms with Crippen LogP contribution in [0.4, 0.5) is 4.39 Å². The Bertz CT molecular complexity index is 735. The summed E-state index contributed by atoms with van der Waals surface area (Å²) < 4.78 is 18.2. The van der Waals surface area contributed by atoms with Gasteiger partial charge in [0, 0.05) is 33.7 Å². The topological polar surface area (TPSA) is 58.6 Å². The fraction of sp³-hybridized carbons (Fsp3) is 0.333. The molecule has 0 saturated carbocycles. The first kappa shape index (κ1) is 20.6. The van der Waals surface area contributed by atoms with Gasteiger partial charge < -0.3 is 15.0 Å². The summed E-state index contributed by atoms with van der Waals surface area (Å²) in [4.78, 5) is 26.7. The molecule has 1 N–H and O–H groups in total. The minimum Gasteiger partial charge on any atom is -0.385 e. The van der Waals surface area contributed by atoms with Crippen LogP contribution in [-0.2, 0) is 20.9 Å². The zero-order valence-corrected chi connectivity index (χ0v) is 15.7. The molecule has 144 valence electrons. The van der Waals surface area contributed by atoms with Crippen molar-refractivity contribution < 1.29 is 18.7 Å². The minimum atomic E-state index is -0.767. The summed E-state index contributed by atoms with van der Waals surface area (Å²) in [6, 6.07) is 14.3. The van der Waals surface area contributed by atoms with Crippen LogP contribution in [0.5, 0.6) is 0 Å². The number of hydrogen-bond donors (Lipinski definition) is 1. The summed E-state index contributed by atoms with van der Waals surface area (Å²) in [6.07, 6.45) is 0.682. The predicted molar refractivity (Wildman–Crippen MR) is 101 cm³/mol. The van der Waals surface area contributed by atoms with E-state index in [1.165, 1.54) is 24.0 Å². The van der Waals surface area contributed by atoms with E-state index in [0.29, 0.717) is 19.6 Å².